The predicted molar refractivity (Wildman–Crippen MR) is 99.6 cm³/mol. The molecule has 0 saturated heterocycles. The number of nitrogens with one attached hydrogen (secondary N) is 1. The summed E-state index contributed by atoms with van der Waals surface area (Å²) in [4.78, 5) is 12.6. The van der Waals surface area contributed by atoms with Crippen LogP contribution in [0.15, 0.2) is 24.3 Å². The minimum absolute atomic E-state index is 0. The number of fused-ring (bicyclic) bond motifs is 2. The normalized spacial score (nSPS) is 28.6. The van der Waals surface area contributed by atoms with Gasteiger partial charge in [-0.15, -0.1) is 12.4 Å². The lowest BCUT2D eigenvalue weighted by molar-refractivity contribution is -0.122. The first kappa shape index (κ1) is 19.1. The second-order valence-corrected chi connectivity index (χ2v) is 7.06. The lowest BCUT2D eigenvalue weighted by Crippen LogP contribution is -2.48. The van der Waals surface area contributed by atoms with Crippen molar-refractivity contribution in [3.63, 3.8) is 0 Å². The van der Waals surface area contributed by atoms with E-state index in [2.05, 4.69) is 12.2 Å². The Labute approximate surface area is 150 Å². The molecule has 24 heavy (non-hydrogen) atoms. The summed E-state index contributed by atoms with van der Waals surface area (Å²) >= 11 is 0. The van der Waals surface area contributed by atoms with Crippen LogP contribution in [0.4, 0.5) is 5.69 Å². The second kappa shape index (κ2) is 8.72. The van der Waals surface area contributed by atoms with Crippen molar-refractivity contribution in [3.8, 4) is 5.75 Å². The predicted octanol–water partition coefficient (Wildman–Crippen LogP) is 3.99. The van der Waals surface area contributed by atoms with E-state index in [-0.39, 0.29) is 24.2 Å². The molecule has 2 aliphatic carbocycles. The topological polar surface area (TPSA) is 64.3 Å². The highest BCUT2D eigenvalue weighted by Gasteiger charge is 2.40. The van der Waals surface area contributed by atoms with Gasteiger partial charge in [-0.1, -0.05) is 19.4 Å². The van der Waals surface area contributed by atoms with Gasteiger partial charge in [-0.3, -0.25) is 4.79 Å². The monoisotopic (exact) mass is 352 g/mol. The Morgan fingerprint density at radius 2 is 2.00 bits per heavy atom. The molecule has 2 atom stereocenters. The fraction of sp³-hybridized carbons (Fsp3) is 0.632. The number of halogens is 1. The SMILES string of the molecule is CCCOc1cccc(NC(=O)C2CC3CCCC(C2)C3N)c1.Cl. The third-order valence-electron chi connectivity index (χ3n) is 5.36. The molecule has 0 aromatic heterocycles. The minimum atomic E-state index is 0. The molecule has 2 bridgehead atoms. The number of amides is 1. The van der Waals surface area contributed by atoms with Gasteiger partial charge < -0.3 is 15.8 Å². The smallest absolute Gasteiger partial charge is 0.227 e. The zero-order valence-electron chi connectivity index (χ0n) is 14.4. The molecular formula is C19H29ClN2O2. The summed E-state index contributed by atoms with van der Waals surface area (Å²) in [5.74, 6) is 2.11. The van der Waals surface area contributed by atoms with Gasteiger partial charge in [0.1, 0.15) is 5.75 Å². The summed E-state index contributed by atoms with van der Waals surface area (Å²) in [5, 5.41) is 3.07. The maximum Gasteiger partial charge on any atom is 0.227 e. The van der Waals surface area contributed by atoms with Crippen molar-refractivity contribution in [2.75, 3.05) is 11.9 Å². The maximum absolute atomic E-state index is 12.6. The number of benzene rings is 1. The lowest BCUT2D eigenvalue weighted by Gasteiger charge is -2.43. The van der Waals surface area contributed by atoms with Crippen LogP contribution >= 0.6 is 12.4 Å². The zero-order chi connectivity index (χ0) is 16.2. The summed E-state index contributed by atoms with van der Waals surface area (Å²) in [6.45, 7) is 2.78. The highest BCUT2D eigenvalue weighted by atomic mass is 35.5. The van der Waals surface area contributed by atoms with E-state index >= 15 is 0 Å². The Hall–Kier alpha value is -1.26. The van der Waals surface area contributed by atoms with Crippen LogP contribution in [0.5, 0.6) is 5.75 Å². The van der Waals surface area contributed by atoms with E-state index in [1.165, 1.54) is 19.3 Å². The molecule has 0 spiro atoms. The van der Waals surface area contributed by atoms with Crippen molar-refractivity contribution >= 4 is 24.0 Å². The summed E-state index contributed by atoms with van der Waals surface area (Å²) in [5.41, 5.74) is 7.14. The molecule has 1 amide bonds. The molecule has 3 rings (SSSR count). The van der Waals surface area contributed by atoms with Crippen LogP contribution in [0.25, 0.3) is 0 Å². The molecule has 1 aromatic carbocycles. The van der Waals surface area contributed by atoms with Crippen molar-refractivity contribution in [1.29, 1.82) is 0 Å². The number of ether oxygens (including phenoxy) is 1. The van der Waals surface area contributed by atoms with Crippen LogP contribution in [-0.4, -0.2) is 18.6 Å². The van der Waals surface area contributed by atoms with Gasteiger partial charge in [0, 0.05) is 23.7 Å². The lowest BCUT2D eigenvalue weighted by atomic mass is 9.65. The number of anilines is 1. The molecule has 134 valence electrons. The number of carbonyl (C=O) groups is 1. The second-order valence-electron chi connectivity index (χ2n) is 7.06. The summed E-state index contributed by atoms with van der Waals surface area (Å²) < 4.78 is 5.63. The first-order chi connectivity index (χ1) is 11.2. The van der Waals surface area contributed by atoms with Gasteiger partial charge in [-0.25, -0.2) is 0 Å². The zero-order valence-corrected chi connectivity index (χ0v) is 15.2. The quantitative estimate of drug-likeness (QED) is 0.842. The Morgan fingerprint density at radius 1 is 1.29 bits per heavy atom. The van der Waals surface area contributed by atoms with Gasteiger partial charge in [0.15, 0.2) is 0 Å². The van der Waals surface area contributed by atoms with Crippen LogP contribution in [-0.2, 0) is 4.79 Å². The van der Waals surface area contributed by atoms with Crippen LogP contribution < -0.4 is 15.8 Å². The largest absolute Gasteiger partial charge is 0.494 e. The molecule has 1 aromatic rings. The fourth-order valence-electron chi connectivity index (χ4n) is 4.13. The first-order valence-electron chi connectivity index (χ1n) is 8.96. The van der Waals surface area contributed by atoms with Gasteiger partial charge in [-0.2, -0.15) is 0 Å². The highest BCUT2D eigenvalue weighted by Crippen LogP contribution is 2.42. The van der Waals surface area contributed by atoms with E-state index < -0.39 is 0 Å². The summed E-state index contributed by atoms with van der Waals surface area (Å²) in [7, 11) is 0. The van der Waals surface area contributed by atoms with E-state index in [0.717, 1.165) is 30.7 Å². The van der Waals surface area contributed by atoms with Gasteiger partial charge in [0.05, 0.1) is 6.61 Å². The van der Waals surface area contributed by atoms with Crippen LogP contribution in [0.1, 0.15) is 45.4 Å². The standard InChI is InChI=1S/C19H28N2O2.ClH/c1-2-9-23-17-8-4-7-16(12-17)21-19(22)15-10-13-5-3-6-14(11-15)18(13)20;/h4,7-8,12-15,18H,2-3,5-6,9-11,20H2,1H3,(H,21,22);1H. The van der Waals surface area contributed by atoms with Crippen molar-refractivity contribution < 1.29 is 9.53 Å². The number of hydrogen-bond donors (Lipinski definition) is 2. The van der Waals surface area contributed by atoms with Gasteiger partial charge >= 0.3 is 0 Å². The van der Waals surface area contributed by atoms with Gasteiger partial charge in [0.25, 0.3) is 0 Å². The van der Waals surface area contributed by atoms with Crippen LogP contribution in [0.2, 0.25) is 0 Å². The maximum atomic E-state index is 12.6. The molecule has 3 N–H and O–H groups in total. The molecule has 2 saturated carbocycles. The Bertz CT molecular complexity index is 538. The Morgan fingerprint density at radius 3 is 2.67 bits per heavy atom. The number of carbonyl (C=O) groups excluding carboxylic acids is 1. The Kier molecular flexibility index (Phi) is 6.93. The molecular weight excluding hydrogens is 324 g/mol. The van der Waals surface area contributed by atoms with Crippen molar-refractivity contribution in [2.45, 2.75) is 51.5 Å². The van der Waals surface area contributed by atoms with Gasteiger partial charge in [0.2, 0.25) is 5.91 Å². The molecule has 0 heterocycles. The first-order valence-corrected chi connectivity index (χ1v) is 8.96. The van der Waals surface area contributed by atoms with Crippen molar-refractivity contribution in [1.82, 2.24) is 0 Å². The third-order valence-corrected chi connectivity index (χ3v) is 5.36. The fourth-order valence-corrected chi connectivity index (χ4v) is 4.13. The molecule has 5 heteroatoms. The van der Waals surface area contributed by atoms with Crippen molar-refractivity contribution in [2.24, 2.45) is 23.5 Å². The van der Waals surface area contributed by atoms with Gasteiger partial charge in [-0.05, 0) is 56.1 Å². The number of nitrogens with two attached hydrogens (primary N) is 1. The molecule has 2 unspecified atom stereocenters. The summed E-state index contributed by atoms with van der Waals surface area (Å²) in [6.07, 6.45) is 6.49. The molecule has 2 aliphatic rings. The number of rotatable bonds is 5. The van der Waals surface area contributed by atoms with E-state index in [9.17, 15) is 4.79 Å². The van der Waals surface area contributed by atoms with E-state index in [1.807, 2.05) is 24.3 Å². The minimum Gasteiger partial charge on any atom is -0.494 e. The molecule has 0 aliphatic heterocycles. The average molecular weight is 353 g/mol. The van der Waals surface area contributed by atoms with Crippen LogP contribution in [0, 0.1) is 17.8 Å². The highest BCUT2D eigenvalue weighted by molar-refractivity contribution is 5.92. The number of hydrogen-bond acceptors (Lipinski definition) is 3. The van der Waals surface area contributed by atoms with E-state index in [1.54, 1.807) is 0 Å². The Balaban J connectivity index is 0.00000208. The molecule has 2 fully saturated rings. The average Bonchev–Trinajstić information content (AvgIpc) is 2.53. The van der Waals surface area contributed by atoms with E-state index in [0.29, 0.717) is 24.5 Å². The van der Waals surface area contributed by atoms with Crippen molar-refractivity contribution in [3.05, 3.63) is 24.3 Å². The third kappa shape index (κ3) is 4.42. The van der Waals surface area contributed by atoms with E-state index in [4.69, 9.17) is 10.5 Å². The summed E-state index contributed by atoms with van der Waals surface area (Å²) in [6, 6.07) is 7.98. The molecule has 0 radical (unpaired) electrons. The van der Waals surface area contributed by atoms with Crippen LogP contribution in [0.3, 0.4) is 0 Å². The molecule has 4 nitrogen and oxygen atoms in total.